The number of carbonyl (C=O) groups excluding carboxylic acids is 1. The van der Waals surface area contributed by atoms with Crippen LogP contribution in [-0.4, -0.2) is 37.8 Å². The molecule has 1 saturated heterocycles. The fraction of sp³-hybridized carbons (Fsp3) is 0.500. The first-order valence-electron chi connectivity index (χ1n) is 6.51. The summed E-state index contributed by atoms with van der Waals surface area (Å²) in [5.41, 5.74) is 0.705. The molecule has 1 aromatic carbocycles. The Bertz CT molecular complexity index is 624. The fourth-order valence-electron chi connectivity index (χ4n) is 2.53. The van der Waals surface area contributed by atoms with E-state index in [4.69, 9.17) is 4.74 Å². The van der Waals surface area contributed by atoms with E-state index in [0.717, 1.165) is 6.26 Å². The summed E-state index contributed by atoms with van der Waals surface area (Å²) in [6, 6.07) is 6.49. The average Bonchev–Trinajstić information content (AvgIpc) is 2.64. The normalized spacial score (nSPS) is 23.2. The van der Waals surface area contributed by atoms with Crippen molar-refractivity contribution in [1.29, 1.82) is 0 Å². The molecule has 110 valence electrons. The van der Waals surface area contributed by atoms with Crippen LogP contribution in [0.5, 0.6) is 0 Å². The van der Waals surface area contributed by atoms with E-state index in [2.05, 4.69) is 0 Å². The Morgan fingerprint density at radius 3 is 2.45 bits per heavy atom. The molecule has 2 atom stereocenters. The summed E-state index contributed by atoms with van der Waals surface area (Å²) >= 11 is 0. The van der Waals surface area contributed by atoms with Gasteiger partial charge in [-0.2, -0.15) is 0 Å². The molecule has 0 N–H and O–H groups in total. The summed E-state index contributed by atoms with van der Waals surface area (Å²) in [6.45, 7) is 5.75. The van der Waals surface area contributed by atoms with Crippen molar-refractivity contribution in [3.63, 3.8) is 0 Å². The van der Waals surface area contributed by atoms with Crippen LogP contribution in [0, 0.1) is 0 Å². The molecule has 1 amide bonds. The van der Waals surface area contributed by atoms with Gasteiger partial charge in [0.15, 0.2) is 9.84 Å². The lowest BCUT2D eigenvalue weighted by molar-refractivity contribution is 0.129. The van der Waals surface area contributed by atoms with Crippen molar-refractivity contribution >= 4 is 15.9 Å². The first-order valence-corrected chi connectivity index (χ1v) is 8.40. The Balaban J connectivity index is 2.36. The molecule has 1 heterocycles. The number of nitrogens with zero attached hydrogens (tertiary/aromatic N) is 1. The largest absolute Gasteiger partial charge is 0.439 e. The highest BCUT2D eigenvalue weighted by atomic mass is 32.2. The second kappa shape index (κ2) is 5.09. The highest BCUT2D eigenvalue weighted by Crippen LogP contribution is 2.34. The molecule has 1 aromatic rings. The minimum atomic E-state index is -3.27. The van der Waals surface area contributed by atoms with Gasteiger partial charge in [0.2, 0.25) is 0 Å². The maximum absolute atomic E-state index is 11.9. The zero-order chi connectivity index (χ0) is 15.1. The number of carbonyl (C=O) groups is 1. The number of benzene rings is 1. The quantitative estimate of drug-likeness (QED) is 0.859. The molecule has 0 spiro atoms. The lowest BCUT2D eigenvalue weighted by Crippen LogP contribution is -2.37. The number of sulfone groups is 1. The molecular weight excluding hydrogens is 278 g/mol. The summed E-state index contributed by atoms with van der Waals surface area (Å²) in [5, 5.41) is 0. The van der Waals surface area contributed by atoms with E-state index in [0.29, 0.717) is 5.56 Å². The van der Waals surface area contributed by atoms with Crippen molar-refractivity contribution in [3.8, 4) is 0 Å². The number of hydrogen-bond acceptors (Lipinski definition) is 4. The third-order valence-electron chi connectivity index (χ3n) is 3.49. The monoisotopic (exact) mass is 297 g/mol. The maximum atomic E-state index is 11.9. The van der Waals surface area contributed by atoms with Crippen molar-refractivity contribution in [2.75, 3.05) is 6.26 Å². The first-order chi connectivity index (χ1) is 9.21. The maximum Gasteiger partial charge on any atom is 0.411 e. The zero-order valence-electron chi connectivity index (χ0n) is 12.0. The van der Waals surface area contributed by atoms with Gasteiger partial charge >= 0.3 is 6.09 Å². The molecule has 6 heteroatoms. The van der Waals surface area contributed by atoms with Crippen molar-refractivity contribution in [2.45, 2.75) is 43.9 Å². The van der Waals surface area contributed by atoms with Gasteiger partial charge in [0.25, 0.3) is 0 Å². The second-order valence-corrected chi connectivity index (χ2v) is 7.41. The van der Waals surface area contributed by atoms with Gasteiger partial charge in [-0.25, -0.2) is 13.2 Å². The van der Waals surface area contributed by atoms with E-state index >= 15 is 0 Å². The standard InChI is InChI=1S/C14H19NO4S/c1-9(2)15-10(3)13(19-14(15)16)11-6-5-7-12(8-11)20(4,17)18/h5-10,13H,1-4H3/t10-,13-/m0/s1. The van der Waals surface area contributed by atoms with Gasteiger partial charge in [-0.3, -0.25) is 4.90 Å². The van der Waals surface area contributed by atoms with E-state index in [1.54, 1.807) is 29.2 Å². The molecular formula is C14H19NO4S. The Morgan fingerprint density at radius 2 is 1.95 bits per heavy atom. The van der Waals surface area contributed by atoms with E-state index in [1.807, 2.05) is 20.8 Å². The van der Waals surface area contributed by atoms with E-state index < -0.39 is 15.9 Å². The van der Waals surface area contributed by atoms with Crippen LogP contribution in [0.4, 0.5) is 4.79 Å². The summed E-state index contributed by atoms with van der Waals surface area (Å²) < 4.78 is 28.6. The van der Waals surface area contributed by atoms with Crippen molar-refractivity contribution in [1.82, 2.24) is 4.90 Å². The smallest absolute Gasteiger partial charge is 0.411 e. The predicted molar refractivity (Wildman–Crippen MR) is 75.2 cm³/mol. The third kappa shape index (κ3) is 2.65. The molecule has 0 radical (unpaired) electrons. The van der Waals surface area contributed by atoms with Gasteiger partial charge in [-0.1, -0.05) is 12.1 Å². The topological polar surface area (TPSA) is 63.7 Å². The second-order valence-electron chi connectivity index (χ2n) is 5.39. The van der Waals surface area contributed by atoms with Gasteiger partial charge in [0, 0.05) is 12.3 Å². The van der Waals surface area contributed by atoms with E-state index in [9.17, 15) is 13.2 Å². The van der Waals surface area contributed by atoms with Gasteiger partial charge in [-0.15, -0.1) is 0 Å². The molecule has 1 fully saturated rings. The van der Waals surface area contributed by atoms with Gasteiger partial charge in [0.05, 0.1) is 10.9 Å². The van der Waals surface area contributed by atoms with Gasteiger partial charge in [0.1, 0.15) is 6.10 Å². The number of hydrogen-bond donors (Lipinski definition) is 0. The van der Waals surface area contributed by atoms with Crippen molar-refractivity contribution in [3.05, 3.63) is 29.8 Å². The fourth-order valence-corrected chi connectivity index (χ4v) is 3.21. The minimum absolute atomic E-state index is 0.0422. The SMILES string of the molecule is CC(C)N1C(=O)O[C@H](c2cccc(S(C)(=O)=O)c2)[C@@H]1C. The third-order valence-corrected chi connectivity index (χ3v) is 4.60. The summed E-state index contributed by atoms with van der Waals surface area (Å²) in [6.07, 6.45) is 0.366. The van der Waals surface area contributed by atoms with Crippen LogP contribution < -0.4 is 0 Å². The van der Waals surface area contributed by atoms with Gasteiger partial charge < -0.3 is 4.74 Å². The zero-order valence-corrected chi connectivity index (χ0v) is 12.8. The van der Waals surface area contributed by atoms with Crippen LogP contribution in [-0.2, 0) is 14.6 Å². The highest BCUT2D eigenvalue weighted by Gasteiger charge is 2.41. The van der Waals surface area contributed by atoms with Crippen molar-refractivity contribution in [2.24, 2.45) is 0 Å². The van der Waals surface area contributed by atoms with Crippen LogP contribution in [0.1, 0.15) is 32.4 Å². The first kappa shape index (κ1) is 14.8. The minimum Gasteiger partial charge on any atom is -0.439 e. The van der Waals surface area contributed by atoms with Crippen LogP contribution >= 0.6 is 0 Å². The number of rotatable bonds is 3. The van der Waals surface area contributed by atoms with Crippen LogP contribution in [0.25, 0.3) is 0 Å². The summed E-state index contributed by atoms with van der Waals surface area (Å²) in [5.74, 6) is 0. The van der Waals surface area contributed by atoms with Crippen molar-refractivity contribution < 1.29 is 17.9 Å². The number of ether oxygens (including phenoxy) is 1. The molecule has 0 bridgehead atoms. The molecule has 0 unspecified atom stereocenters. The summed E-state index contributed by atoms with van der Waals surface area (Å²) in [7, 11) is -3.27. The van der Waals surface area contributed by atoms with E-state index in [1.165, 1.54) is 0 Å². The molecule has 0 aromatic heterocycles. The molecule has 0 aliphatic carbocycles. The Labute approximate surface area is 119 Å². The molecule has 5 nitrogen and oxygen atoms in total. The number of cyclic esters (lactones) is 1. The Kier molecular flexibility index (Phi) is 3.77. The lowest BCUT2D eigenvalue weighted by Gasteiger charge is -2.24. The Morgan fingerprint density at radius 1 is 1.30 bits per heavy atom. The molecule has 1 aliphatic heterocycles. The molecule has 1 aliphatic rings. The molecule has 20 heavy (non-hydrogen) atoms. The Hall–Kier alpha value is -1.56. The summed E-state index contributed by atoms with van der Waals surface area (Å²) in [4.78, 5) is 13.8. The number of amides is 1. The van der Waals surface area contributed by atoms with Crippen LogP contribution in [0.2, 0.25) is 0 Å². The molecule has 0 saturated carbocycles. The van der Waals surface area contributed by atoms with Crippen LogP contribution in [0.3, 0.4) is 0 Å². The molecule has 2 rings (SSSR count). The predicted octanol–water partition coefficient (Wildman–Crippen LogP) is 2.38. The van der Waals surface area contributed by atoms with Gasteiger partial charge in [-0.05, 0) is 38.5 Å². The average molecular weight is 297 g/mol. The highest BCUT2D eigenvalue weighted by molar-refractivity contribution is 7.90. The lowest BCUT2D eigenvalue weighted by atomic mass is 10.0. The van der Waals surface area contributed by atoms with E-state index in [-0.39, 0.29) is 23.1 Å². The van der Waals surface area contributed by atoms with Crippen LogP contribution in [0.15, 0.2) is 29.2 Å².